The normalized spacial score (nSPS) is 29.8. The van der Waals surface area contributed by atoms with E-state index in [1.54, 1.807) is 11.9 Å². The Balaban J connectivity index is 1.27. The molecular weight excluding hydrogens is 397 g/mol. The minimum Gasteiger partial charge on any atom is -0.406 e. The first-order chi connectivity index (χ1) is 14.1. The number of amides is 1. The second kappa shape index (κ2) is 7.87. The predicted molar refractivity (Wildman–Crippen MR) is 105 cm³/mol. The molecule has 0 aliphatic heterocycles. The zero-order valence-corrected chi connectivity index (χ0v) is 17.0. The molecule has 5 nitrogen and oxygen atoms in total. The Morgan fingerprint density at radius 3 is 2.07 bits per heavy atom. The quantitative estimate of drug-likeness (QED) is 0.711. The Hall–Kier alpha value is -2.09. The van der Waals surface area contributed by atoms with Crippen LogP contribution in [-0.4, -0.2) is 43.1 Å². The van der Waals surface area contributed by atoms with Crippen LogP contribution in [0.4, 0.5) is 18.9 Å². The number of anilines is 1. The van der Waals surface area contributed by atoms with Crippen molar-refractivity contribution >= 4 is 17.4 Å². The van der Waals surface area contributed by atoms with E-state index < -0.39 is 6.36 Å². The third-order valence-electron chi connectivity index (χ3n) is 6.83. The van der Waals surface area contributed by atoms with Crippen LogP contribution in [0.15, 0.2) is 24.3 Å². The van der Waals surface area contributed by atoms with Crippen molar-refractivity contribution in [3.8, 4) is 5.75 Å². The average Bonchev–Trinajstić information content (AvgIpc) is 2.60. The van der Waals surface area contributed by atoms with E-state index in [0.29, 0.717) is 23.4 Å². The van der Waals surface area contributed by atoms with Crippen molar-refractivity contribution in [2.24, 2.45) is 23.2 Å². The highest BCUT2D eigenvalue weighted by Crippen LogP contribution is 2.60. The van der Waals surface area contributed by atoms with E-state index in [-0.39, 0.29) is 35.9 Å². The number of ketones is 1. The molecule has 1 N–H and O–H groups in total. The van der Waals surface area contributed by atoms with Crippen molar-refractivity contribution in [2.45, 2.75) is 44.9 Å². The molecule has 164 valence electrons. The van der Waals surface area contributed by atoms with Gasteiger partial charge in [-0.15, -0.1) is 13.2 Å². The molecule has 1 aromatic rings. The minimum atomic E-state index is -4.75. The van der Waals surface area contributed by atoms with Gasteiger partial charge in [0.05, 0.1) is 13.1 Å². The van der Waals surface area contributed by atoms with Crippen molar-refractivity contribution in [3.05, 3.63) is 24.3 Å². The summed E-state index contributed by atoms with van der Waals surface area (Å²) in [5.74, 6) is 1.67. The fourth-order valence-corrected chi connectivity index (χ4v) is 6.11. The number of Topliss-reactive ketones (excluding diaryl/α,β-unsaturated/α-hetero) is 1. The van der Waals surface area contributed by atoms with E-state index in [4.69, 9.17) is 0 Å². The van der Waals surface area contributed by atoms with Gasteiger partial charge in [0.15, 0.2) is 5.78 Å². The molecule has 0 saturated heterocycles. The average molecular weight is 424 g/mol. The molecule has 0 atom stereocenters. The highest BCUT2D eigenvalue weighted by molar-refractivity contribution is 5.93. The van der Waals surface area contributed by atoms with Crippen LogP contribution in [0.3, 0.4) is 0 Å². The van der Waals surface area contributed by atoms with Gasteiger partial charge < -0.3 is 10.1 Å². The Kier molecular flexibility index (Phi) is 5.55. The molecule has 4 fully saturated rings. The van der Waals surface area contributed by atoms with E-state index in [2.05, 4.69) is 10.1 Å². The summed E-state index contributed by atoms with van der Waals surface area (Å²) in [5, 5.41) is 2.64. The van der Waals surface area contributed by atoms with Crippen LogP contribution in [0.5, 0.6) is 5.75 Å². The molecule has 4 saturated carbocycles. The maximum atomic E-state index is 13.1. The van der Waals surface area contributed by atoms with Crippen LogP contribution in [-0.2, 0) is 9.59 Å². The zero-order valence-electron chi connectivity index (χ0n) is 17.0. The summed E-state index contributed by atoms with van der Waals surface area (Å²) in [6.45, 7) is 0.289. The van der Waals surface area contributed by atoms with Gasteiger partial charge in [0.1, 0.15) is 5.75 Å². The van der Waals surface area contributed by atoms with Gasteiger partial charge in [-0.3, -0.25) is 14.5 Å². The summed E-state index contributed by atoms with van der Waals surface area (Å²) >= 11 is 0. The topological polar surface area (TPSA) is 58.6 Å². The molecule has 0 heterocycles. The lowest BCUT2D eigenvalue weighted by molar-refractivity contribution is -0.274. The number of likely N-dealkylation sites (N-methyl/N-ethyl adjacent to an activating group) is 1. The maximum absolute atomic E-state index is 13.1. The van der Waals surface area contributed by atoms with Gasteiger partial charge in [-0.2, -0.15) is 0 Å². The predicted octanol–water partition coefficient (Wildman–Crippen LogP) is 4.24. The monoisotopic (exact) mass is 424 g/mol. The number of benzene rings is 1. The molecule has 1 aromatic carbocycles. The number of hydrogen-bond acceptors (Lipinski definition) is 4. The molecular formula is C22H27F3N2O3. The number of carbonyl (C=O) groups is 2. The summed E-state index contributed by atoms with van der Waals surface area (Å²) in [6.07, 6.45) is 2.09. The van der Waals surface area contributed by atoms with Crippen molar-refractivity contribution in [2.75, 3.05) is 25.5 Å². The molecule has 0 aromatic heterocycles. The molecule has 0 unspecified atom stereocenters. The minimum absolute atomic E-state index is 0.0406. The third-order valence-corrected chi connectivity index (χ3v) is 6.83. The molecule has 5 rings (SSSR count). The molecule has 4 bridgehead atoms. The molecule has 0 spiro atoms. The number of nitrogens with zero attached hydrogens (tertiary/aromatic N) is 1. The summed E-state index contributed by atoms with van der Waals surface area (Å²) in [7, 11) is 1.75. The highest BCUT2D eigenvalue weighted by Gasteiger charge is 2.54. The van der Waals surface area contributed by atoms with Crippen molar-refractivity contribution in [1.82, 2.24) is 4.90 Å². The van der Waals surface area contributed by atoms with Crippen molar-refractivity contribution in [1.29, 1.82) is 0 Å². The number of nitrogens with one attached hydrogen (secondary N) is 1. The van der Waals surface area contributed by atoms with Crippen LogP contribution >= 0.6 is 0 Å². The summed E-state index contributed by atoms with van der Waals surface area (Å²) < 4.78 is 40.4. The van der Waals surface area contributed by atoms with Gasteiger partial charge in [0.2, 0.25) is 5.91 Å². The van der Waals surface area contributed by atoms with Gasteiger partial charge in [0.25, 0.3) is 0 Å². The van der Waals surface area contributed by atoms with Gasteiger partial charge in [-0.25, -0.2) is 0 Å². The van der Waals surface area contributed by atoms with Crippen LogP contribution < -0.4 is 10.1 Å². The Labute approximate surface area is 173 Å². The molecule has 1 amide bonds. The number of halogens is 3. The van der Waals surface area contributed by atoms with Crippen LogP contribution in [0, 0.1) is 23.2 Å². The second-order valence-electron chi connectivity index (χ2n) is 9.41. The van der Waals surface area contributed by atoms with E-state index >= 15 is 0 Å². The molecule has 4 aliphatic carbocycles. The first-order valence-electron chi connectivity index (χ1n) is 10.5. The Morgan fingerprint density at radius 2 is 1.57 bits per heavy atom. The van der Waals surface area contributed by atoms with E-state index in [0.717, 1.165) is 31.4 Å². The fourth-order valence-electron chi connectivity index (χ4n) is 6.11. The zero-order chi connectivity index (χ0) is 21.5. The summed E-state index contributed by atoms with van der Waals surface area (Å²) in [5.41, 5.74) is 0.184. The molecule has 8 heteroatoms. The van der Waals surface area contributed by atoms with E-state index in [1.807, 2.05) is 0 Å². The summed E-state index contributed by atoms with van der Waals surface area (Å²) in [4.78, 5) is 27.1. The lowest BCUT2D eigenvalue weighted by Crippen LogP contribution is -2.52. The maximum Gasteiger partial charge on any atom is 0.573 e. The fraction of sp³-hybridized carbons (Fsp3) is 0.636. The largest absolute Gasteiger partial charge is 0.573 e. The number of ether oxygens (including phenoxy) is 1. The number of rotatable bonds is 7. The lowest BCUT2D eigenvalue weighted by Gasteiger charge is -2.56. The van der Waals surface area contributed by atoms with Crippen LogP contribution in [0.2, 0.25) is 0 Å². The van der Waals surface area contributed by atoms with E-state index in [1.165, 1.54) is 31.4 Å². The smallest absolute Gasteiger partial charge is 0.406 e. The van der Waals surface area contributed by atoms with Gasteiger partial charge in [-0.1, -0.05) is 0 Å². The standard InChI is InChI=1S/C22H27F3N2O3/c1-27(12-19(28)21-9-14-6-15(10-21)8-16(7-14)11-21)13-20(29)26-17-2-4-18(5-3-17)30-22(23,24)25/h2-5,14-16H,6-13H2,1H3,(H,26,29). The molecule has 4 aliphatic rings. The first kappa shape index (κ1) is 21.2. The number of carbonyl (C=O) groups excluding carboxylic acids is 2. The lowest BCUT2D eigenvalue weighted by atomic mass is 9.48. The highest BCUT2D eigenvalue weighted by atomic mass is 19.4. The van der Waals surface area contributed by atoms with Crippen molar-refractivity contribution < 1.29 is 27.5 Å². The first-order valence-corrected chi connectivity index (χ1v) is 10.5. The molecule has 0 radical (unpaired) electrons. The van der Waals surface area contributed by atoms with E-state index in [9.17, 15) is 22.8 Å². The number of hydrogen-bond donors (Lipinski definition) is 1. The number of alkyl halides is 3. The Bertz CT molecular complexity index is 772. The van der Waals surface area contributed by atoms with Gasteiger partial charge >= 0.3 is 6.36 Å². The SMILES string of the molecule is CN(CC(=O)Nc1ccc(OC(F)(F)F)cc1)CC(=O)C12CC3CC(CC(C3)C1)C2. The third kappa shape index (κ3) is 4.79. The van der Waals surface area contributed by atoms with Crippen LogP contribution in [0.25, 0.3) is 0 Å². The van der Waals surface area contributed by atoms with Crippen molar-refractivity contribution in [3.63, 3.8) is 0 Å². The van der Waals surface area contributed by atoms with Crippen LogP contribution in [0.1, 0.15) is 38.5 Å². The molecule has 30 heavy (non-hydrogen) atoms. The van der Waals surface area contributed by atoms with Gasteiger partial charge in [-0.05, 0) is 87.6 Å². The Morgan fingerprint density at radius 1 is 1.03 bits per heavy atom. The summed E-state index contributed by atoms with van der Waals surface area (Å²) in [6, 6.07) is 4.98. The van der Waals surface area contributed by atoms with Gasteiger partial charge in [0, 0.05) is 11.1 Å². The second-order valence-corrected chi connectivity index (χ2v) is 9.41.